The van der Waals surface area contributed by atoms with Crippen LogP contribution in [0.25, 0.3) is 10.8 Å². The van der Waals surface area contributed by atoms with Gasteiger partial charge in [0.05, 0.1) is 0 Å². The van der Waals surface area contributed by atoms with Crippen LogP contribution in [0.3, 0.4) is 0 Å². The van der Waals surface area contributed by atoms with Gasteiger partial charge in [-0.2, -0.15) is 0 Å². The van der Waals surface area contributed by atoms with Gasteiger partial charge in [-0.1, -0.05) is 30.3 Å². The molecule has 2 aliphatic rings. The van der Waals surface area contributed by atoms with E-state index in [0.717, 1.165) is 43.4 Å². The van der Waals surface area contributed by atoms with E-state index in [-0.39, 0.29) is 5.91 Å². The van der Waals surface area contributed by atoms with Crippen LogP contribution in [-0.4, -0.2) is 51.4 Å². The van der Waals surface area contributed by atoms with E-state index >= 15 is 0 Å². The third-order valence-electron chi connectivity index (χ3n) is 5.93. The first-order chi connectivity index (χ1) is 13.3. The highest BCUT2D eigenvalue weighted by Gasteiger charge is 2.43. The van der Waals surface area contributed by atoms with Gasteiger partial charge in [0.2, 0.25) is 0 Å². The average Bonchev–Trinajstić information content (AvgIpc) is 2.72. The summed E-state index contributed by atoms with van der Waals surface area (Å²) in [6.07, 6.45) is 6.55. The Balaban J connectivity index is 1.33. The van der Waals surface area contributed by atoms with Crippen LogP contribution in [0, 0.1) is 5.92 Å². The number of aromatic nitrogens is 2. The molecule has 5 heteroatoms. The molecule has 4 heterocycles. The maximum atomic E-state index is 13.2. The molecule has 2 aliphatic heterocycles. The highest BCUT2D eigenvalue weighted by molar-refractivity contribution is 6.05. The summed E-state index contributed by atoms with van der Waals surface area (Å²) in [5.41, 5.74) is 1.81. The molecule has 0 spiro atoms. The van der Waals surface area contributed by atoms with E-state index in [4.69, 9.17) is 0 Å². The number of hydrogen-bond donors (Lipinski definition) is 0. The maximum absolute atomic E-state index is 13.2. The second-order valence-corrected chi connectivity index (χ2v) is 7.54. The molecule has 136 valence electrons. The Hall–Kier alpha value is -2.79. The van der Waals surface area contributed by atoms with Crippen molar-refractivity contribution in [3.8, 4) is 0 Å². The van der Waals surface area contributed by atoms with E-state index in [9.17, 15) is 4.79 Å². The van der Waals surface area contributed by atoms with Gasteiger partial charge in [-0.3, -0.25) is 19.7 Å². The van der Waals surface area contributed by atoms with Crippen molar-refractivity contribution < 1.29 is 4.79 Å². The van der Waals surface area contributed by atoms with Gasteiger partial charge in [0.15, 0.2) is 0 Å². The Morgan fingerprint density at radius 2 is 2.00 bits per heavy atom. The summed E-state index contributed by atoms with van der Waals surface area (Å²) in [4.78, 5) is 26.3. The lowest BCUT2D eigenvalue weighted by Gasteiger charge is -2.53. The third-order valence-corrected chi connectivity index (χ3v) is 5.93. The number of benzene rings is 1. The number of fused-ring (bicyclic) bond motifs is 2. The molecule has 1 amide bonds. The van der Waals surface area contributed by atoms with Crippen LogP contribution in [-0.2, 0) is 6.54 Å². The lowest BCUT2D eigenvalue weighted by molar-refractivity contribution is -0.0428. The summed E-state index contributed by atoms with van der Waals surface area (Å²) in [7, 11) is 0. The van der Waals surface area contributed by atoms with E-state index in [0.29, 0.717) is 17.7 Å². The highest BCUT2D eigenvalue weighted by atomic mass is 16.2. The molecule has 3 aromatic rings. The predicted molar refractivity (Wildman–Crippen MR) is 104 cm³/mol. The van der Waals surface area contributed by atoms with Crippen LogP contribution < -0.4 is 0 Å². The average molecular weight is 358 g/mol. The quantitative estimate of drug-likeness (QED) is 0.722. The molecular weight excluding hydrogens is 336 g/mol. The Morgan fingerprint density at radius 1 is 1.07 bits per heavy atom. The van der Waals surface area contributed by atoms with Crippen LogP contribution in [0.4, 0.5) is 0 Å². The highest BCUT2D eigenvalue weighted by Crippen LogP contribution is 2.34. The van der Waals surface area contributed by atoms with Crippen molar-refractivity contribution in [1.29, 1.82) is 0 Å². The van der Waals surface area contributed by atoms with E-state index in [1.165, 1.54) is 5.56 Å². The molecule has 2 atom stereocenters. The fourth-order valence-electron chi connectivity index (χ4n) is 4.44. The van der Waals surface area contributed by atoms with E-state index in [2.05, 4.69) is 20.9 Å². The van der Waals surface area contributed by atoms with E-state index in [1.807, 2.05) is 47.5 Å². The van der Waals surface area contributed by atoms with Crippen LogP contribution in [0.5, 0.6) is 0 Å². The molecule has 0 saturated carbocycles. The number of amides is 1. The van der Waals surface area contributed by atoms with Crippen molar-refractivity contribution in [1.82, 2.24) is 19.8 Å². The lowest BCUT2D eigenvalue weighted by Crippen LogP contribution is -2.64. The third kappa shape index (κ3) is 2.98. The number of nitrogens with zero attached hydrogens (tertiary/aromatic N) is 4. The number of rotatable bonds is 3. The number of hydrogen-bond acceptors (Lipinski definition) is 4. The Morgan fingerprint density at radius 3 is 2.89 bits per heavy atom. The second kappa shape index (κ2) is 6.74. The number of likely N-dealkylation sites (tertiary alicyclic amines) is 2. The first-order valence-corrected chi connectivity index (χ1v) is 9.55. The van der Waals surface area contributed by atoms with Gasteiger partial charge in [-0.05, 0) is 35.4 Å². The smallest absolute Gasteiger partial charge is 0.273 e. The minimum atomic E-state index is 0.0541. The molecule has 5 nitrogen and oxygen atoms in total. The Labute approximate surface area is 158 Å². The molecular formula is C22H22N4O. The van der Waals surface area contributed by atoms with E-state index in [1.54, 1.807) is 12.4 Å². The monoisotopic (exact) mass is 358 g/mol. The first kappa shape index (κ1) is 16.4. The molecule has 2 aromatic heterocycles. The normalized spacial score (nSPS) is 22.3. The van der Waals surface area contributed by atoms with Crippen molar-refractivity contribution in [2.75, 3.05) is 19.6 Å². The summed E-state index contributed by atoms with van der Waals surface area (Å²) >= 11 is 0. The van der Waals surface area contributed by atoms with Crippen LogP contribution in [0.2, 0.25) is 0 Å². The molecule has 0 radical (unpaired) electrons. The lowest BCUT2D eigenvalue weighted by atomic mass is 9.82. The second-order valence-electron chi connectivity index (χ2n) is 7.54. The van der Waals surface area contributed by atoms with Gasteiger partial charge >= 0.3 is 0 Å². The Kier molecular flexibility index (Phi) is 4.09. The summed E-state index contributed by atoms with van der Waals surface area (Å²) in [6.45, 7) is 3.64. The summed E-state index contributed by atoms with van der Waals surface area (Å²) in [6, 6.07) is 14.5. The van der Waals surface area contributed by atoms with Gasteiger partial charge in [0.25, 0.3) is 5.91 Å². The van der Waals surface area contributed by atoms with Crippen molar-refractivity contribution in [3.05, 3.63) is 72.3 Å². The summed E-state index contributed by atoms with van der Waals surface area (Å²) in [5, 5.41) is 2.00. The van der Waals surface area contributed by atoms with Crippen molar-refractivity contribution in [2.24, 2.45) is 5.92 Å². The predicted octanol–water partition coefficient (Wildman–Crippen LogP) is 2.98. The molecule has 27 heavy (non-hydrogen) atoms. The zero-order valence-corrected chi connectivity index (χ0v) is 15.2. The number of pyridine rings is 2. The maximum Gasteiger partial charge on any atom is 0.273 e. The zero-order valence-electron chi connectivity index (χ0n) is 15.2. The van der Waals surface area contributed by atoms with Crippen LogP contribution in [0.15, 0.2) is 61.1 Å². The van der Waals surface area contributed by atoms with Gasteiger partial charge < -0.3 is 4.90 Å². The molecule has 0 aliphatic carbocycles. The standard InChI is InChI=1S/C22H22N4O/c27-22(21-19-6-2-1-5-17(19)7-10-24-21)25-11-8-18-14-26(20(18)15-25)13-16-4-3-9-23-12-16/h1-7,9-10,12,18,20H,8,11,13-15H2/t18-,20-/m1/s1. The molecule has 2 saturated heterocycles. The van der Waals surface area contributed by atoms with Crippen molar-refractivity contribution >= 4 is 16.7 Å². The molecule has 0 unspecified atom stereocenters. The van der Waals surface area contributed by atoms with Gasteiger partial charge in [0, 0.05) is 56.2 Å². The van der Waals surface area contributed by atoms with Gasteiger partial charge in [-0.15, -0.1) is 0 Å². The largest absolute Gasteiger partial charge is 0.336 e. The van der Waals surface area contributed by atoms with Crippen molar-refractivity contribution in [3.63, 3.8) is 0 Å². The molecule has 0 N–H and O–H groups in total. The van der Waals surface area contributed by atoms with Crippen LogP contribution in [0.1, 0.15) is 22.5 Å². The minimum absolute atomic E-state index is 0.0541. The fraction of sp³-hybridized carbons (Fsp3) is 0.318. The number of carbonyl (C=O) groups excluding carboxylic acids is 1. The first-order valence-electron chi connectivity index (χ1n) is 9.55. The Bertz CT molecular complexity index is 969. The molecule has 0 bridgehead atoms. The minimum Gasteiger partial charge on any atom is -0.336 e. The van der Waals surface area contributed by atoms with Crippen LogP contribution >= 0.6 is 0 Å². The zero-order chi connectivity index (χ0) is 18.2. The van der Waals surface area contributed by atoms with Gasteiger partial charge in [0.1, 0.15) is 5.69 Å². The molecule has 1 aromatic carbocycles. The topological polar surface area (TPSA) is 49.3 Å². The number of piperidine rings is 1. The van der Waals surface area contributed by atoms with E-state index < -0.39 is 0 Å². The van der Waals surface area contributed by atoms with Gasteiger partial charge in [-0.25, -0.2) is 0 Å². The summed E-state index contributed by atoms with van der Waals surface area (Å²) < 4.78 is 0. The fourth-order valence-corrected chi connectivity index (χ4v) is 4.44. The number of carbonyl (C=O) groups is 1. The summed E-state index contributed by atoms with van der Waals surface area (Å²) in [5.74, 6) is 0.754. The molecule has 5 rings (SSSR count). The molecule has 2 fully saturated rings. The SMILES string of the molecule is O=C(c1nccc2ccccc12)N1CC[C@@H]2CN(Cc3cccnc3)[C@@H]2C1. The van der Waals surface area contributed by atoms with Crippen molar-refractivity contribution in [2.45, 2.75) is 19.0 Å².